The molecule has 36 heavy (non-hydrogen) atoms. The van der Waals surface area contributed by atoms with Crippen molar-refractivity contribution in [1.82, 2.24) is 0 Å². The molecule has 0 aromatic heterocycles. The van der Waals surface area contributed by atoms with E-state index in [9.17, 15) is 54.7 Å². The van der Waals surface area contributed by atoms with E-state index in [4.69, 9.17) is 5.11 Å². The standard InChI is InChI=1S/C22H20N2O12/c25-17(26)3-1-2-16(21(29)30)22(31,32)18(19(27)12-4-8-14(9-5-12)23(33)34)20(28)13-6-10-15(11-7-13)24(35)36/h4-11,16,18,31-32H,1-3H2,(H,25,26)(H,29,30). The summed E-state index contributed by atoms with van der Waals surface area (Å²) in [7, 11) is 0. The van der Waals surface area contributed by atoms with Gasteiger partial charge in [0.2, 0.25) is 0 Å². The number of carbonyl (C=O) groups excluding carboxylic acids is 2. The molecular formula is C22H20N2O12. The van der Waals surface area contributed by atoms with Crippen LogP contribution in [0.25, 0.3) is 0 Å². The first-order valence-corrected chi connectivity index (χ1v) is 10.2. The molecule has 1 atom stereocenters. The molecule has 0 bridgehead atoms. The van der Waals surface area contributed by atoms with Crippen molar-refractivity contribution in [1.29, 1.82) is 0 Å². The second-order valence-electron chi connectivity index (χ2n) is 7.73. The number of carboxylic acid groups (broad SMARTS) is 2. The summed E-state index contributed by atoms with van der Waals surface area (Å²) >= 11 is 0. The van der Waals surface area contributed by atoms with E-state index in [2.05, 4.69) is 0 Å². The largest absolute Gasteiger partial charge is 0.481 e. The van der Waals surface area contributed by atoms with E-state index in [1.807, 2.05) is 0 Å². The van der Waals surface area contributed by atoms with Crippen LogP contribution >= 0.6 is 0 Å². The summed E-state index contributed by atoms with van der Waals surface area (Å²) in [4.78, 5) is 69.4. The maximum absolute atomic E-state index is 13.3. The number of hydrogen-bond acceptors (Lipinski definition) is 10. The Balaban J connectivity index is 2.57. The number of carbonyl (C=O) groups is 4. The van der Waals surface area contributed by atoms with Crippen LogP contribution in [0, 0.1) is 32.1 Å². The van der Waals surface area contributed by atoms with Gasteiger partial charge in [0.05, 0.1) is 9.85 Å². The molecule has 190 valence electrons. The van der Waals surface area contributed by atoms with E-state index in [-0.39, 0.29) is 17.5 Å². The van der Waals surface area contributed by atoms with Gasteiger partial charge in [-0.2, -0.15) is 0 Å². The Morgan fingerprint density at radius 2 is 1.17 bits per heavy atom. The Morgan fingerprint density at radius 3 is 1.47 bits per heavy atom. The molecule has 0 aliphatic rings. The monoisotopic (exact) mass is 504 g/mol. The van der Waals surface area contributed by atoms with Crippen molar-refractivity contribution in [3.8, 4) is 0 Å². The number of Topliss-reactive ketones (excluding diaryl/α,β-unsaturated/α-hetero) is 2. The molecule has 0 saturated carbocycles. The molecule has 14 nitrogen and oxygen atoms in total. The lowest BCUT2D eigenvalue weighted by atomic mass is 9.76. The lowest BCUT2D eigenvalue weighted by Gasteiger charge is -2.34. The van der Waals surface area contributed by atoms with Crippen LogP contribution in [0.2, 0.25) is 0 Å². The fourth-order valence-corrected chi connectivity index (χ4v) is 3.51. The van der Waals surface area contributed by atoms with Crippen LogP contribution in [0.5, 0.6) is 0 Å². The van der Waals surface area contributed by atoms with E-state index < -0.39 is 75.2 Å². The second-order valence-corrected chi connectivity index (χ2v) is 7.73. The summed E-state index contributed by atoms with van der Waals surface area (Å²) in [6.45, 7) is 0. The molecule has 0 spiro atoms. The van der Waals surface area contributed by atoms with Crippen LogP contribution < -0.4 is 0 Å². The summed E-state index contributed by atoms with van der Waals surface area (Å²) in [6, 6.07) is 7.41. The molecule has 0 radical (unpaired) electrons. The van der Waals surface area contributed by atoms with Gasteiger partial charge in [-0.3, -0.25) is 39.4 Å². The number of non-ortho nitro benzene ring substituents is 2. The SMILES string of the molecule is O=C(O)CCCC(C(=O)O)C(O)(O)C(C(=O)c1ccc([N+](=O)[O-])cc1)C(=O)c1ccc([N+](=O)[O-])cc1. The van der Waals surface area contributed by atoms with Crippen LogP contribution in [-0.2, 0) is 9.59 Å². The molecule has 14 heteroatoms. The first-order valence-electron chi connectivity index (χ1n) is 10.2. The predicted molar refractivity (Wildman–Crippen MR) is 118 cm³/mol. The van der Waals surface area contributed by atoms with Crippen LogP contribution in [0.15, 0.2) is 48.5 Å². The fraction of sp³-hybridized carbons (Fsp3) is 0.273. The molecule has 0 aliphatic carbocycles. The molecule has 4 N–H and O–H groups in total. The zero-order valence-corrected chi connectivity index (χ0v) is 18.3. The minimum absolute atomic E-state index is 0.334. The topological polar surface area (TPSA) is 235 Å². The van der Waals surface area contributed by atoms with Gasteiger partial charge in [-0.25, -0.2) is 0 Å². The van der Waals surface area contributed by atoms with Gasteiger partial charge in [-0.05, 0) is 37.1 Å². The van der Waals surface area contributed by atoms with Gasteiger partial charge in [0.1, 0.15) is 11.8 Å². The molecule has 0 saturated heterocycles. The van der Waals surface area contributed by atoms with Crippen molar-refractivity contribution in [2.24, 2.45) is 11.8 Å². The predicted octanol–water partition coefficient (Wildman–Crippen LogP) is 1.82. The van der Waals surface area contributed by atoms with Gasteiger partial charge in [-0.1, -0.05) is 0 Å². The molecule has 0 aliphatic heterocycles. The number of benzene rings is 2. The number of nitro benzene ring substituents is 2. The Labute approximate surface area is 201 Å². The highest BCUT2D eigenvalue weighted by Crippen LogP contribution is 2.34. The molecule has 0 amide bonds. The molecule has 2 aromatic rings. The number of nitro groups is 2. The normalized spacial score (nSPS) is 12.1. The fourth-order valence-electron chi connectivity index (χ4n) is 3.51. The summed E-state index contributed by atoms with van der Waals surface area (Å²) < 4.78 is 0. The Hall–Kier alpha value is -4.56. The van der Waals surface area contributed by atoms with Crippen LogP contribution in [0.1, 0.15) is 40.0 Å². The van der Waals surface area contributed by atoms with Gasteiger partial charge < -0.3 is 20.4 Å². The second kappa shape index (κ2) is 11.2. The maximum atomic E-state index is 13.3. The minimum Gasteiger partial charge on any atom is -0.481 e. The highest BCUT2D eigenvalue weighted by Gasteiger charge is 2.53. The van der Waals surface area contributed by atoms with Crippen molar-refractivity contribution in [3.63, 3.8) is 0 Å². The van der Waals surface area contributed by atoms with E-state index in [1.54, 1.807) is 0 Å². The van der Waals surface area contributed by atoms with Crippen LogP contribution in [0.3, 0.4) is 0 Å². The molecule has 2 rings (SSSR count). The van der Waals surface area contributed by atoms with E-state index in [0.29, 0.717) is 0 Å². The highest BCUT2D eigenvalue weighted by molar-refractivity contribution is 6.17. The third kappa shape index (κ3) is 6.31. The quantitative estimate of drug-likeness (QED) is 0.100. The first-order chi connectivity index (χ1) is 16.8. The number of hydrogen-bond donors (Lipinski definition) is 4. The molecule has 0 fully saturated rings. The maximum Gasteiger partial charge on any atom is 0.312 e. The Bertz CT molecular complexity index is 1120. The number of ketones is 2. The van der Waals surface area contributed by atoms with Crippen LogP contribution in [0.4, 0.5) is 11.4 Å². The third-order valence-electron chi connectivity index (χ3n) is 5.37. The van der Waals surface area contributed by atoms with Crippen molar-refractivity contribution in [3.05, 3.63) is 79.9 Å². The third-order valence-corrected chi connectivity index (χ3v) is 5.37. The number of aliphatic carboxylic acids is 2. The number of aliphatic hydroxyl groups is 2. The summed E-state index contributed by atoms with van der Waals surface area (Å²) in [5, 5.41) is 61.9. The molecule has 1 unspecified atom stereocenters. The van der Waals surface area contributed by atoms with Crippen molar-refractivity contribution >= 4 is 34.9 Å². The van der Waals surface area contributed by atoms with Gasteiger partial charge in [0.25, 0.3) is 11.4 Å². The van der Waals surface area contributed by atoms with Crippen molar-refractivity contribution in [2.45, 2.75) is 25.0 Å². The van der Waals surface area contributed by atoms with Gasteiger partial charge in [-0.15, -0.1) is 0 Å². The van der Waals surface area contributed by atoms with E-state index in [1.165, 1.54) is 0 Å². The first kappa shape index (κ1) is 27.7. The number of rotatable bonds is 13. The average molecular weight is 504 g/mol. The summed E-state index contributed by atoms with van der Waals surface area (Å²) in [6.07, 6.45) is -1.50. The van der Waals surface area contributed by atoms with E-state index in [0.717, 1.165) is 48.5 Å². The number of nitrogens with zero attached hydrogens (tertiary/aromatic N) is 2. The summed E-state index contributed by atoms with van der Waals surface area (Å²) in [5.41, 5.74) is -1.60. The zero-order valence-electron chi connectivity index (χ0n) is 18.3. The summed E-state index contributed by atoms with van der Waals surface area (Å²) in [5.74, 6) is -13.9. The molecular weight excluding hydrogens is 484 g/mol. The van der Waals surface area contributed by atoms with Crippen molar-refractivity contribution in [2.75, 3.05) is 0 Å². The average Bonchev–Trinajstić information content (AvgIpc) is 2.81. The number of carboxylic acids is 2. The zero-order chi connectivity index (χ0) is 27.2. The Morgan fingerprint density at radius 1 is 0.778 bits per heavy atom. The lowest BCUT2D eigenvalue weighted by Crippen LogP contribution is -2.54. The highest BCUT2D eigenvalue weighted by atomic mass is 16.6. The Kier molecular flexibility index (Phi) is 8.65. The van der Waals surface area contributed by atoms with Gasteiger partial charge >= 0.3 is 11.9 Å². The smallest absolute Gasteiger partial charge is 0.312 e. The minimum atomic E-state index is -3.54. The van der Waals surface area contributed by atoms with Gasteiger partial charge in [0.15, 0.2) is 17.4 Å². The van der Waals surface area contributed by atoms with Crippen LogP contribution in [-0.4, -0.2) is 59.6 Å². The lowest BCUT2D eigenvalue weighted by molar-refractivity contribution is -0.385. The molecule has 2 aromatic carbocycles. The molecule has 0 heterocycles. The van der Waals surface area contributed by atoms with E-state index >= 15 is 0 Å². The van der Waals surface area contributed by atoms with Crippen molar-refractivity contribution < 1.29 is 49.5 Å². The van der Waals surface area contributed by atoms with Gasteiger partial charge in [0, 0.05) is 41.8 Å².